The Bertz CT molecular complexity index is 712. The summed E-state index contributed by atoms with van der Waals surface area (Å²) in [5.74, 6) is -0.753. The first-order valence-electron chi connectivity index (χ1n) is 11.1. The molecule has 1 aromatic rings. The van der Waals surface area contributed by atoms with E-state index >= 15 is 0 Å². The van der Waals surface area contributed by atoms with Crippen LogP contribution >= 0.6 is 0 Å². The van der Waals surface area contributed by atoms with Crippen LogP contribution in [0.1, 0.15) is 75.6 Å². The summed E-state index contributed by atoms with van der Waals surface area (Å²) in [4.78, 5) is 12.2. The fourth-order valence-electron chi connectivity index (χ4n) is 3.86. The zero-order valence-corrected chi connectivity index (χ0v) is 18.2. The second-order valence-corrected chi connectivity index (χ2v) is 8.24. The van der Waals surface area contributed by atoms with Crippen LogP contribution < -0.4 is 5.32 Å². The van der Waals surface area contributed by atoms with Crippen LogP contribution in [0.25, 0.3) is 0 Å². The summed E-state index contributed by atoms with van der Waals surface area (Å²) in [6.45, 7) is 5.53. The number of allylic oxidation sites excluding steroid dienone is 1. The molecule has 6 heteroatoms. The summed E-state index contributed by atoms with van der Waals surface area (Å²) in [5.41, 5.74) is 1.01. The number of aromatic hydroxyl groups is 1. The van der Waals surface area contributed by atoms with Crippen molar-refractivity contribution in [2.75, 3.05) is 19.8 Å². The maximum absolute atomic E-state index is 14.0. The van der Waals surface area contributed by atoms with E-state index in [1.165, 1.54) is 12.1 Å². The number of hydrogen-bond acceptors (Lipinski definition) is 3. The van der Waals surface area contributed by atoms with Crippen LogP contribution in [0.4, 0.5) is 8.78 Å². The first kappa shape index (κ1) is 24.3. The van der Waals surface area contributed by atoms with E-state index in [-0.39, 0.29) is 17.3 Å². The molecule has 30 heavy (non-hydrogen) atoms. The summed E-state index contributed by atoms with van der Waals surface area (Å²) >= 11 is 0. The van der Waals surface area contributed by atoms with Crippen molar-refractivity contribution in [2.24, 2.45) is 11.8 Å². The summed E-state index contributed by atoms with van der Waals surface area (Å²) < 4.78 is 33.2. The quantitative estimate of drug-likeness (QED) is 0.465. The van der Waals surface area contributed by atoms with Crippen molar-refractivity contribution in [1.82, 2.24) is 5.32 Å². The molecule has 2 N–H and O–H groups in total. The molecule has 1 aliphatic rings. The number of nitrogens with one attached hydrogen (secondary N) is 1. The Morgan fingerprint density at radius 3 is 2.53 bits per heavy atom. The largest absolute Gasteiger partial charge is 0.505 e. The number of ether oxygens (including phenoxy) is 1. The summed E-state index contributed by atoms with van der Waals surface area (Å²) in [6, 6.07) is 3.64. The lowest BCUT2D eigenvalue weighted by atomic mass is 9.82. The topological polar surface area (TPSA) is 58.6 Å². The van der Waals surface area contributed by atoms with Crippen molar-refractivity contribution in [3.05, 3.63) is 41.0 Å². The highest BCUT2D eigenvalue weighted by Gasteiger charge is 2.22. The number of hydrogen-bond donors (Lipinski definition) is 2. The molecule has 4 nitrogen and oxygen atoms in total. The molecule has 2 rings (SSSR count). The van der Waals surface area contributed by atoms with Gasteiger partial charge in [-0.3, -0.25) is 4.79 Å². The van der Waals surface area contributed by atoms with Gasteiger partial charge < -0.3 is 15.2 Å². The highest BCUT2D eigenvalue weighted by atomic mass is 19.1. The Morgan fingerprint density at radius 1 is 1.20 bits per heavy atom. The average Bonchev–Trinajstić information content (AvgIpc) is 2.76. The normalized spacial score (nSPS) is 20.0. The van der Waals surface area contributed by atoms with Crippen LogP contribution in [0, 0.1) is 17.7 Å². The van der Waals surface area contributed by atoms with Crippen molar-refractivity contribution in [3.63, 3.8) is 0 Å². The van der Waals surface area contributed by atoms with E-state index in [0.29, 0.717) is 38.0 Å². The van der Waals surface area contributed by atoms with Crippen LogP contribution in [0.2, 0.25) is 0 Å². The molecule has 0 spiro atoms. The van der Waals surface area contributed by atoms with Crippen LogP contribution in [0.3, 0.4) is 0 Å². The molecule has 1 aromatic carbocycles. The number of carbonyl (C=O) groups is 1. The Labute approximate surface area is 178 Å². The van der Waals surface area contributed by atoms with Gasteiger partial charge in [0, 0.05) is 18.7 Å². The number of halogens is 2. The molecule has 0 aromatic heterocycles. The Hall–Kier alpha value is -1.95. The zero-order valence-electron chi connectivity index (χ0n) is 18.2. The number of phenolic OH excluding ortho intramolecular Hbond substituents is 1. The van der Waals surface area contributed by atoms with Gasteiger partial charge in [0.05, 0.1) is 6.61 Å². The van der Waals surface area contributed by atoms with Gasteiger partial charge in [-0.15, -0.1) is 0 Å². The molecular weight excluding hydrogens is 388 g/mol. The minimum absolute atomic E-state index is 0.0311. The van der Waals surface area contributed by atoms with Crippen molar-refractivity contribution in [1.29, 1.82) is 0 Å². The number of carbonyl (C=O) groups excluding carboxylic acids is 1. The smallest absolute Gasteiger partial charge is 0.251 e. The molecule has 168 valence electrons. The lowest BCUT2D eigenvalue weighted by molar-refractivity contribution is 0.0858. The van der Waals surface area contributed by atoms with Gasteiger partial charge in [-0.2, -0.15) is 0 Å². The molecule has 1 saturated carbocycles. The van der Waals surface area contributed by atoms with Gasteiger partial charge in [-0.1, -0.05) is 20.3 Å². The monoisotopic (exact) mass is 423 g/mol. The Kier molecular flexibility index (Phi) is 10.3. The fraction of sp³-hybridized carbons (Fsp3) is 0.625. The molecular formula is C24H35F2NO3. The maximum atomic E-state index is 14.0. The van der Waals surface area contributed by atoms with E-state index in [0.717, 1.165) is 56.6 Å². The van der Waals surface area contributed by atoms with Crippen molar-refractivity contribution in [2.45, 2.75) is 65.2 Å². The van der Waals surface area contributed by atoms with Crippen LogP contribution in [0.5, 0.6) is 5.75 Å². The summed E-state index contributed by atoms with van der Waals surface area (Å²) in [6.07, 6.45) is 7.28. The van der Waals surface area contributed by atoms with Gasteiger partial charge in [0.15, 0.2) is 11.6 Å². The fourth-order valence-corrected chi connectivity index (χ4v) is 3.86. The molecule has 1 amide bonds. The third-order valence-electron chi connectivity index (χ3n) is 5.88. The van der Waals surface area contributed by atoms with E-state index in [9.17, 15) is 18.7 Å². The van der Waals surface area contributed by atoms with E-state index in [2.05, 4.69) is 12.2 Å². The lowest BCUT2D eigenvalue weighted by Gasteiger charge is -2.28. The molecule has 0 aliphatic heterocycles. The Balaban J connectivity index is 1.68. The molecule has 0 saturated heterocycles. The van der Waals surface area contributed by atoms with E-state index in [1.807, 2.05) is 6.92 Å². The van der Waals surface area contributed by atoms with E-state index < -0.39 is 11.6 Å². The maximum Gasteiger partial charge on any atom is 0.251 e. The van der Waals surface area contributed by atoms with E-state index in [4.69, 9.17) is 4.74 Å². The molecule has 0 radical (unpaired) electrons. The van der Waals surface area contributed by atoms with Gasteiger partial charge in [-0.05, 0) is 80.6 Å². The predicted octanol–water partition coefficient (Wildman–Crippen LogP) is 5.91. The standard InChI is InChI=1S/C24H35F2NO3/c1-3-5-6-20(21(25)4-2)16-30-15-18-9-7-17(8-10-18)14-27-24(29)19-11-12-23(28)22(26)13-19/h11-13,17-18,28H,3-10,14-16H2,1-2H3,(H,27,29)/b21-20-. The van der Waals surface area contributed by atoms with Gasteiger partial charge in [0.1, 0.15) is 5.83 Å². The first-order valence-corrected chi connectivity index (χ1v) is 11.1. The third-order valence-corrected chi connectivity index (χ3v) is 5.88. The molecule has 0 heterocycles. The molecule has 1 aliphatic carbocycles. The summed E-state index contributed by atoms with van der Waals surface area (Å²) in [7, 11) is 0. The molecule has 1 fully saturated rings. The lowest BCUT2D eigenvalue weighted by Crippen LogP contribution is -2.32. The molecule has 0 atom stereocenters. The average molecular weight is 424 g/mol. The number of amides is 1. The van der Waals surface area contributed by atoms with Crippen LogP contribution in [-0.4, -0.2) is 30.8 Å². The molecule has 0 bridgehead atoms. The van der Waals surface area contributed by atoms with Gasteiger partial charge >= 0.3 is 0 Å². The minimum atomic E-state index is -0.797. The predicted molar refractivity (Wildman–Crippen MR) is 115 cm³/mol. The van der Waals surface area contributed by atoms with Gasteiger partial charge in [0.2, 0.25) is 0 Å². The third kappa shape index (κ3) is 7.71. The van der Waals surface area contributed by atoms with Crippen LogP contribution in [0.15, 0.2) is 29.6 Å². The van der Waals surface area contributed by atoms with E-state index in [1.54, 1.807) is 0 Å². The number of rotatable bonds is 11. The van der Waals surface area contributed by atoms with Crippen molar-refractivity contribution < 1.29 is 23.4 Å². The second-order valence-electron chi connectivity index (χ2n) is 8.24. The Morgan fingerprint density at radius 2 is 1.90 bits per heavy atom. The number of benzene rings is 1. The van der Waals surface area contributed by atoms with Gasteiger partial charge in [0.25, 0.3) is 5.91 Å². The van der Waals surface area contributed by atoms with Crippen molar-refractivity contribution >= 4 is 5.91 Å². The minimum Gasteiger partial charge on any atom is -0.505 e. The zero-order chi connectivity index (χ0) is 21.9. The summed E-state index contributed by atoms with van der Waals surface area (Å²) in [5, 5.41) is 12.1. The number of unbranched alkanes of at least 4 members (excludes halogenated alkanes) is 1. The number of phenols is 1. The molecule has 0 unspecified atom stereocenters. The van der Waals surface area contributed by atoms with Gasteiger partial charge in [-0.25, -0.2) is 8.78 Å². The SMILES string of the molecule is CCCC/C(COCC1CCC(CNC(=O)c2ccc(O)c(F)c2)CC1)=C(/F)CC. The van der Waals surface area contributed by atoms with Crippen molar-refractivity contribution in [3.8, 4) is 5.75 Å². The van der Waals surface area contributed by atoms with Crippen LogP contribution in [-0.2, 0) is 4.74 Å². The highest BCUT2D eigenvalue weighted by Crippen LogP contribution is 2.29. The second kappa shape index (κ2) is 12.7. The highest BCUT2D eigenvalue weighted by molar-refractivity contribution is 5.94. The first-order chi connectivity index (χ1) is 14.4.